The smallest absolute Gasteiger partial charge is 0.266 e. The highest BCUT2D eigenvalue weighted by atomic mass is 35.5. The van der Waals surface area contributed by atoms with Crippen molar-refractivity contribution in [1.29, 1.82) is 5.26 Å². The summed E-state index contributed by atoms with van der Waals surface area (Å²) in [6, 6.07) is 23.2. The third-order valence-corrected chi connectivity index (χ3v) is 4.94. The molecular weight excluding hydrogens is 360 g/mol. The molecule has 2 amide bonds. The molecule has 1 unspecified atom stereocenters. The molecule has 0 aromatic heterocycles. The number of anilines is 1. The summed E-state index contributed by atoms with van der Waals surface area (Å²) in [5.41, 5.74) is 2.60. The number of nitriles is 1. The Hall–Kier alpha value is -3.42. The number of hydrogen-bond donors (Lipinski definition) is 0. The van der Waals surface area contributed by atoms with Crippen molar-refractivity contribution < 1.29 is 9.59 Å². The molecule has 0 N–H and O–H groups in total. The van der Waals surface area contributed by atoms with Crippen molar-refractivity contribution in [2.45, 2.75) is 5.92 Å². The van der Waals surface area contributed by atoms with Crippen molar-refractivity contribution in [2.75, 3.05) is 4.90 Å². The van der Waals surface area contributed by atoms with E-state index in [0.717, 1.165) is 10.5 Å². The Morgan fingerprint density at radius 3 is 2.00 bits per heavy atom. The van der Waals surface area contributed by atoms with Gasteiger partial charge in [0.1, 0.15) is 0 Å². The summed E-state index contributed by atoms with van der Waals surface area (Å²) in [5, 5.41) is 9.95. The Labute approximate surface area is 161 Å². The van der Waals surface area contributed by atoms with E-state index in [0.29, 0.717) is 27.4 Å². The van der Waals surface area contributed by atoms with Crippen molar-refractivity contribution in [2.24, 2.45) is 0 Å². The van der Waals surface area contributed by atoms with Crippen LogP contribution in [0.5, 0.6) is 0 Å². The van der Waals surface area contributed by atoms with Crippen LogP contribution in [0.15, 0.2) is 72.8 Å². The van der Waals surface area contributed by atoms with E-state index in [1.165, 1.54) is 0 Å². The summed E-state index contributed by atoms with van der Waals surface area (Å²) in [7, 11) is 0. The third-order valence-electron chi connectivity index (χ3n) is 4.61. The van der Waals surface area contributed by atoms with Crippen LogP contribution in [0.1, 0.15) is 37.8 Å². The highest BCUT2D eigenvalue weighted by molar-refractivity contribution is 6.35. The minimum atomic E-state index is -0.532. The molecule has 0 radical (unpaired) electrons. The summed E-state index contributed by atoms with van der Waals surface area (Å²) in [5.74, 6) is -1.28. The first kappa shape index (κ1) is 17.0. The van der Waals surface area contributed by atoms with Gasteiger partial charge in [-0.25, -0.2) is 4.90 Å². The van der Waals surface area contributed by atoms with Crippen molar-refractivity contribution in [3.05, 3.63) is 100 Å². The number of rotatable bonds is 3. The molecular formula is C22H13ClN2O2. The first-order valence-electron chi connectivity index (χ1n) is 8.33. The van der Waals surface area contributed by atoms with E-state index < -0.39 is 5.92 Å². The number of carbonyl (C=O) groups is 2. The molecule has 1 aliphatic heterocycles. The molecule has 0 fully saturated rings. The van der Waals surface area contributed by atoms with Crippen molar-refractivity contribution in [3.63, 3.8) is 0 Å². The van der Waals surface area contributed by atoms with Crippen LogP contribution in [0.2, 0.25) is 5.02 Å². The Morgan fingerprint density at radius 1 is 0.852 bits per heavy atom. The summed E-state index contributed by atoms with van der Waals surface area (Å²) < 4.78 is 0. The van der Waals surface area contributed by atoms with E-state index in [1.807, 2.05) is 30.3 Å². The molecule has 1 aliphatic rings. The van der Waals surface area contributed by atoms with Crippen LogP contribution in [-0.4, -0.2) is 11.8 Å². The summed E-state index contributed by atoms with van der Waals surface area (Å²) in [6.07, 6.45) is 0. The topological polar surface area (TPSA) is 61.2 Å². The molecule has 3 aromatic rings. The number of amides is 2. The fourth-order valence-electron chi connectivity index (χ4n) is 3.28. The first-order chi connectivity index (χ1) is 13.1. The number of halogens is 1. The molecule has 0 aliphatic carbocycles. The predicted molar refractivity (Wildman–Crippen MR) is 103 cm³/mol. The molecule has 0 bridgehead atoms. The quantitative estimate of drug-likeness (QED) is 0.620. The minimum absolute atomic E-state index is 0.333. The lowest BCUT2D eigenvalue weighted by Gasteiger charge is -2.17. The second-order valence-electron chi connectivity index (χ2n) is 6.17. The van der Waals surface area contributed by atoms with Crippen molar-refractivity contribution >= 4 is 29.1 Å². The molecule has 4 nitrogen and oxygen atoms in total. The minimum Gasteiger partial charge on any atom is -0.268 e. The lowest BCUT2D eigenvalue weighted by molar-refractivity contribution is 0.0926. The number of imide groups is 1. The van der Waals surface area contributed by atoms with Gasteiger partial charge in [-0.2, -0.15) is 5.26 Å². The molecule has 4 rings (SSSR count). The summed E-state index contributed by atoms with van der Waals surface area (Å²) in [6.45, 7) is 0. The molecule has 130 valence electrons. The van der Waals surface area contributed by atoms with Gasteiger partial charge in [-0.15, -0.1) is 0 Å². The normalized spacial score (nSPS) is 14.0. The van der Waals surface area contributed by atoms with E-state index in [2.05, 4.69) is 6.07 Å². The van der Waals surface area contributed by atoms with Gasteiger partial charge in [-0.1, -0.05) is 60.1 Å². The van der Waals surface area contributed by atoms with Gasteiger partial charge in [0.2, 0.25) is 0 Å². The third kappa shape index (κ3) is 2.79. The molecule has 5 heteroatoms. The number of fused-ring (bicyclic) bond motifs is 1. The number of nitrogens with zero attached hydrogens (tertiary/aromatic N) is 2. The van der Waals surface area contributed by atoms with Gasteiger partial charge >= 0.3 is 0 Å². The van der Waals surface area contributed by atoms with Gasteiger partial charge in [-0.3, -0.25) is 9.59 Å². The maximum atomic E-state index is 12.6. The monoisotopic (exact) mass is 372 g/mol. The zero-order valence-corrected chi connectivity index (χ0v) is 14.9. The van der Waals surface area contributed by atoms with Gasteiger partial charge in [0, 0.05) is 5.02 Å². The van der Waals surface area contributed by atoms with Crippen LogP contribution in [0.25, 0.3) is 0 Å². The van der Waals surface area contributed by atoms with Crippen LogP contribution >= 0.6 is 11.6 Å². The average molecular weight is 373 g/mol. The molecule has 0 saturated heterocycles. The van der Waals surface area contributed by atoms with Crippen molar-refractivity contribution in [1.82, 2.24) is 0 Å². The number of carbonyl (C=O) groups excluding carboxylic acids is 2. The van der Waals surface area contributed by atoms with E-state index >= 15 is 0 Å². The predicted octanol–water partition coefficient (Wildman–Crippen LogP) is 4.80. The molecule has 1 heterocycles. The molecule has 0 saturated carbocycles. The van der Waals surface area contributed by atoms with Gasteiger partial charge < -0.3 is 0 Å². The zero-order valence-electron chi connectivity index (χ0n) is 14.1. The van der Waals surface area contributed by atoms with E-state index in [-0.39, 0.29) is 11.8 Å². The number of benzene rings is 3. The summed E-state index contributed by atoms with van der Waals surface area (Å²) >= 11 is 6.44. The standard InChI is InChI=1S/C22H13ClN2O2/c23-20-12-15(25-21(26)17-8-4-5-9-18(17)22(25)27)10-11-16(20)19(13-24)14-6-2-1-3-7-14/h1-12,19H. The van der Waals surface area contributed by atoms with E-state index in [4.69, 9.17) is 11.6 Å². The first-order valence-corrected chi connectivity index (χ1v) is 8.71. The zero-order chi connectivity index (χ0) is 19.0. The number of hydrogen-bond acceptors (Lipinski definition) is 3. The second kappa shape index (κ2) is 6.71. The van der Waals surface area contributed by atoms with Crippen LogP contribution in [0, 0.1) is 11.3 Å². The maximum Gasteiger partial charge on any atom is 0.266 e. The highest BCUT2D eigenvalue weighted by Gasteiger charge is 2.36. The molecule has 1 atom stereocenters. The lowest BCUT2D eigenvalue weighted by Crippen LogP contribution is -2.29. The van der Waals surface area contributed by atoms with Crippen LogP contribution in [-0.2, 0) is 0 Å². The van der Waals surface area contributed by atoms with E-state index in [1.54, 1.807) is 42.5 Å². The van der Waals surface area contributed by atoms with Gasteiger partial charge in [-0.05, 0) is 35.4 Å². The molecule has 27 heavy (non-hydrogen) atoms. The van der Waals surface area contributed by atoms with Gasteiger partial charge in [0.15, 0.2) is 0 Å². The second-order valence-corrected chi connectivity index (χ2v) is 6.58. The Kier molecular flexibility index (Phi) is 4.23. The van der Waals surface area contributed by atoms with Gasteiger partial charge in [0.05, 0.1) is 28.8 Å². The fourth-order valence-corrected chi connectivity index (χ4v) is 3.57. The largest absolute Gasteiger partial charge is 0.268 e. The van der Waals surface area contributed by atoms with Crippen LogP contribution in [0.4, 0.5) is 5.69 Å². The maximum absolute atomic E-state index is 12.6. The van der Waals surface area contributed by atoms with Crippen LogP contribution < -0.4 is 4.90 Å². The highest BCUT2D eigenvalue weighted by Crippen LogP contribution is 2.35. The SMILES string of the molecule is N#CC(c1ccccc1)c1ccc(N2C(=O)c3ccccc3C2=O)cc1Cl. The fraction of sp³-hybridized carbons (Fsp3) is 0.0455. The Bertz CT molecular complexity index is 1070. The Balaban J connectivity index is 1.72. The van der Waals surface area contributed by atoms with E-state index in [9.17, 15) is 14.9 Å². The average Bonchev–Trinajstić information content (AvgIpc) is 2.95. The Morgan fingerprint density at radius 2 is 1.44 bits per heavy atom. The molecule has 3 aromatic carbocycles. The van der Waals surface area contributed by atoms with Crippen LogP contribution in [0.3, 0.4) is 0 Å². The lowest BCUT2D eigenvalue weighted by atomic mass is 9.92. The summed E-state index contributed by atoms with van der Waals surface area (Å²) in [4.78, 5) is 26.4. The molecule has 0 spiro atoms. The van der Waals surface area contributed by atoms with Gasteiger partial charge in [0.25, 0.3) is 11.8 Å². The van der Waals surface area contributed by atoms with Crippen molar-refractivity contribution in [3.8, 4) is 6.07 Å².